The van der Waals surface area contributed by atoms with Gasteiger partial charge in [-0.3, -0.25) is 0 Å². The van der Waals surface area contributed by atoms with Crippen molar-refractivity contribution < 1.29 is 9.26 Å². The molecule has 3 aromatic rings. The van der Waals surface area contributed by atoms with Gasteiger partial charge in [-0.05, 0) is 24.1 Å². The van der Waals surface area contributed by atoms with Crippen molar-refractivity contribution in [2.75, 3.05) is 12.8 Å². The average molecular weight is 280 g/mol. The second kappa shape index (κ2) is 5.32. The number of hydrogen-bond acceptors (Lipinski definition) is 4. The maximum absolute atomic E-state index is 5.99. The Kier molecular flexibility index (Phi) is 3.36. The highest BCUT2D eigenvalue weighted by Crippen LogP contribution is 2.38. The zero-order valence-corrected chi connectivity index (χ0v) is 12.0. The van der Waals surface area contributed by atoms with Gasteiger partial charge in [-0.1, -0.05) is 47.6 Å². The summed E-state index contributed by atoms with van der Waals surface area (Å²) in [4.78, 5) is 0. The molecule has 0 saturated carbocycles. The number of benzene rings is 2. The highest BCUT2D eigenvalue weighted by atomic mass is 16.5. The number of rotatable bonds is 3. The molecule has 4 nitrogen and oxygen atoms in total. The summed E-state index contributed by atoms with van der Waals surface area (Å²) in [5, 5.41) is 3.91. The molecule has 106 valence electrons. The number of ether oxygens (including phenoxy) is 1. The highest BCUT2D eigenvalue weighted by molar-refractivity contribution is 5.87. The van der Waals surface area contributed by atoms with Gasteiger partial charge in [0.2, 0.25) is 0 Å². The molecule has 0 aliphatic rings. The molecule has 3 rings (SSSR count). The van der Waals surface area contributed by atoms with E-state index in [4.69, 9.17) is 15.0 Å². The molecule has 0 atom stereocenters. The van der Waals surface area contributed by atoms with Crippen molar-refractivity contribution in [2.45, 2.75) is 6.92 Å². The molecule has 21 heavy (non-hydrogen) atoms. The first kappa shape index (κ1) is 13.2. The molecular formula is C17H16N2O2. The first-order valence-corrected chi connectivity index (χ1v) is 6.66. The van der Waals surface area contributed by atoms with Crippen LogP contribution in [-0.4, -0.2) is 12.3 Å². The van der Waals surface area contributed by atoms with Crippen LogP contribution in [0.4, 0.5) is 5.82 Å². The normalized spacial score (nSPS) is 10.6. The minimum absolute atomic E-state index is 0.375. The fourth-order valence-electron chi connectivity index (χ4n) is 2.34. The van der Waals surface area contributed by atoms with Crippen molar-refractivity contribution in [3.8, 4) is 28.2 Å². The second-order valence-corrected chi connectivity index (χ2v) is 4.82. The third kappa shape index (κ3) is 2.36. The number of methoxy groups -OCH3 is 1. The van der Waals surface area contributed by atoms with Crippen molar-refractivity contribution in [3.05, 3.63) is 54.1 Å². The summed E-state index contributed by atoms with van der Waals surface area (Å²) in [7, 11) is 1.65. The Morgan fingerprint density at radius 1 is 1.05 bits per heavy atom. The summed E-state index contributed by atoms with van der Waals surface area (Å²) in [6, 6.07) is 15.7. The van der Waals surface area contributed by atoms with Crippen LogP contribution < -0.4 is 10.5 Å². The van der Waals surface area contributed by atoms with Gasteiger partial charge in [0.25, 0.3) is 0 Å². The third-order valence-corrected chi connectivity index (χ3v) is 3.45. The van der Waals surface area contributed by atoms with E-state index in [-0.39, 0.29) is 0 Å². The predicted molar refractivity (Wildman–Crippen MR) is 83.1 cm³/mol. The van der Waals surface area contributed by atoms with Crippen LogP contribution in [0.1, 0.15) is 5.56 Å². The SMILES string of the molecule is COc1cc(-c2c(N)noc2-c2ccccc2)ccc1C. The molecule has 0 spiro atoms. The standard InChI is InChI=1S/C17H16N2O2/c1-11-8-9-13(10-14(11)20-2)15-16(21-19-17(15)18)12-6-4-3-5-7-12/h3-10H,1-2H3,(H2,18,19). The fourth-order valence-corrected chi connectivity index (χ4v) is 2.34. The molecule has 2 N–H and O–H groups in total. The maximum Gasteiger partial charge on any atom is 0.176 e. The number of aromatic nitrogens is 1. The summed E-state index contributed by atoms with van der Waals surface area (Å²) >= 11 is 0. The zero-order valence-electron chi connectivity index (χ0n) is 12.0. The van der Waals surface area contributed by atoms with Crippen LogP contribution in [0, 0.1) is 6.92 Å². The lowest BCUT2D eigenvalue weighted by Crippen LogP contribution is -1.91. The summed E-state index contributed by atoms with van der Waals surface area (Å²) in [5.41, 5.74) is 9.72. The molecule has 0 amide bonds. The van der Waals surface area contributed by atoms with E-state index in [1.165, 1.54) is 0 Å². The molecule has 0 aliphatic heterocycles. The van der Waals surface area contributed by atoms with E-state index in [1.54, 1.807) is 7.11 Å². The van der Waals surface area contributed by atoms with Gasteiger partial charge < -0.3 is 15.0 Å². The Labute approximate surface area is 123 Å². The molecule has 0 fully saturated rings. The summed E-state index contributed by atoms with van der Waals surface area (Å²) in [6.45, 7) is 2.00. The summed E-state index contributed by atoms with van der Waals surface area (Å²) in [5.74, 6) is 1.85. The molecule has 0 bridgehead atoms. The second-order valence-electron chi connectivity index (χ2n) is 4.82. The first-order chi connectivity index (χ1) is 10.2. The van der Waals surface area contributed by atoms with Crippen LogP contribution in [-0.2, 0) is 0 Å². The summed E-state index contributed by atoms with van der Waals surface area (Å²) < 4.78 is 10.8. The largest absolute Gasteiger partial charge is 0.496 e. The Morgan fingerprint density at radius 2 is 1.81 bits per heavy atom. The molecule has 2 aromatic carbocycles. The Bertz CT molecular complexity index is 764. The molecular weight excluding hydrogens is 264 g/mol. The van der Waals surface area contributed by atoms with Gasteiger partial charge in [0.15, 0.2) is 11.6 Å². The van der Waals surface area contributed by atoms with Gasteiger partial charge >= 0.3 is 0 Å². The minimum atomic E-state index is 0.375. The van der Waals surface area contributed by atoms with Crippen LogP contribution in [0.5, 0.6) is 5.75 Å². The van der Waals surface area contributed by atoms with Crippen molar-refractivity contribution in [1.29, 1.82) is 0 Å². The van der Waals surface area contributed by atoms with Crippen molar-refractivity contribution in [1.82, 2.24) is 5.16 Å². The first-order valence-electron chi connectivity index (χ1n) is 6.66. The lowest BCUT2D eigenvalue weighted by molar-refractivity contribution is 0.412. The number of hydrogen-bond donors (Lipinski definition) is 1. The number of nitrogens with two attached hydrogens (primary N) is 1. The molecule has 4 heteroatoms. The van der Waals surface area contributed by atoms with Crippen LogP contribution in [0.3, 0.4) is 0 Å². The number of nitrogen functional groups attached to an aromatic ring is 1. The van der Waals surface area contributed by atoms with E-state index >= 15 is 0 Å². The minimum Gasteiger partial charge on any atom is -0.496 e. The smallest absolute Gasteiger partial charge is 0.176 e. The number of nitrogens with zero attached hydrogens (tertiary/aromatic N) is 1. The maximum atomic E-state index is 5.99. The molecule has 1 heterocycles. The highest BCUT2D eigenvalue weighted by Gasteiger charge is 2.18. The topological polar surface area (TPSA) is 61.3 Å². The van der Waals surface area contributed by atoms with Crippen molar-refractivity contribution in [2.24, 2.45) is 0 Å². The van der Waals surface area contributed by atoms with Crippen LogP contribution in [0.2, 0.25) is 0 Å². The van der Waals surface area contributed by atoms with Crippen molar-refractivity contribution >= 4 is 5.82 Å². The van der Waals surface area contributed by atoms with Gasteiger partial charge in [0.05, 0.1) is 12.7 Å². The summed E-state index contributed by atoms with van der Waals surface area (Å²) in [6.07, 6.45) is 0. The fraction of sp³-hybridized carbons (Fsp3) is 0.118. The Hall–Kier alpha value is -2.75. The molecule has 0 unspecified atom stereocenters. The lowest BCUT2D eigenvalue weighted by Gasteiger charge is -2.08. The van der Waals surface area contributed by atoms with Crippen LogP contribution in [0.25, 0.3) is 22.5 Å². The van der Waals surface area contributed by atoms with Crippen LogP contribution >= 0.6 is 0 Å². The molecule has 0 aliphatic carbocycles. The number of anilines is 1. The van der Waals surface area contributed by atoms with Gasteiger partial charge in [-0.2, -0.15) is 0 Å². The van der Waals surface area contributed by atoms with Crippen LogP contribution in [0.15, 0.2) is 53.1 Å². The van der Waals surface area contributed by atoms with Gasteiger partial charge in [0.1, 0.15) is 5.75 Å². The zero-order chi connectivity index (χ0) is 14.8. The van der Waals surface area contributed by atoms with Gasteiger partial charge in [0, 0.05) is 5.56 Å². The Balaban J connectivity index is 2.17. The lowest BCUT2D eigenvalue weighted by atomic mass is 10.00. The molecule has 1 aromatic heterocycles. The van der Waals surface area contributed by atoms with E-state index in [2.05, 4.69) is 5.16 Å². The monoisotopic (exact) mass is 280 g/mol. The van der Waals surface area contributed by atoms with Gasteiger partial charge in [-0.15, -0.1) is 0 Å². The quantitative estimate of drug-likeness (QED) is 0.790. The third-order valence-electron chi connectivity index (χ3n) is 3.45. The molecule has 0 radical (unpaired) electrons. The predicted octanol–water partition coefficient (Wildman–Crippen LogP) is 3.91. The van der Waals surface area contributed by atoms with Gasteiger partial charge in [-0.25, -0.2) is 0 Å². The van der Waals surface area contributed by atoms with E-state index in [0.717, 1.165) is 28.0 Å². The average Bonchev–Trinajstić information content (AvgIpc) is 2.90. The van der Waals surface area contributed by atoms with E-state index in [9.17, 15) is 0 Å². The Morgan fingerprint density at radius 3 is 2.52 bits per heavy atom. The number of aryl methyl sites for hydroxylation is 1. The van der Waals surface area contributed by atoms with E-state index < -0.39 is 0 Å². The van der Waals surface area contributed by atoms with Crippen molar-refractivity contribution in [3.63, 3.8) is 0 Å². The van der Waals surface area contributed by atoms with E-state index in [1.807, 2.05) is 55.5 Å². The van der Waals surface area contributed by atoms with E-state index in [0.29, 0.717) is 11.6 Å². The molecule has 0 saturated heterocycles.